The van der Waals surface area contributed by atoms with Crippen LogP contribution in [-0.4, -0.2) is 40.2 Å². The molecule has 1 amide bonds. The predicted octanol–water partition coefficient (Wildman–Crippen LogP) is 3.04. The lowest BCUT2D eigenvalue weighted by atomic mass is 9.87. The van der Waals surface area contributed by atoms with Crippen molar-refractivity contribution in [3.05, 3.63) is 53.9 Å². The number of nitrogens with one attached hydrogen (secondary N) is 1. The molecule has 0 saturated carbocycles. The van der Waals surface area contributed by atoms with Crippen molar-refractivity contribution < 1.29 is 9.53 Å². The highest BCUT2D eigenvalue weighted by Crippen LogP contribution is 2.33. The van der Waals surface area contributed by atoms with Crippen molar-refractivity contribution in [3.8, 4) is 0 Å². The zero-order chi connectivity index (χ0) is 16.4. The van der Waals surface area contributed by atoms with Crippen LogP contribution >= 0.6 is 0 Å². The first kappa shape index (κ1) is 15.7. The second kappa shape index (κ2) is 6.16. The largest absolute Gasteiger partial charge is 0.366 e. The van der Waals surface area contributed by atoms with Gasteiger partial charge in [-0.15, -0.1) is 0 Å². The van der Waals surface area contributed by atoms with E-state index in [0.29, 0.717) is 18.8 Å². The summed E-state index contributed by atoms with van der Waals surface area (Å²) in [6.45, 7) is 7.57. The highest BCUT2D eigenvalue weighted by molar-refractivity contribution is 5.92. The van der Waals surface area contributed by atoms with Crippen molar-refractivity contribution in [1.82, 2.24) is 15.1 Å². The predicted molar refractivity (Wildman–Crippen MR) is 88.0 cm³/mol. The molecule has 0 bridgehead atoms. The number of carbonyl (C=O) groups excluding carboxylic acids is 1. The number of aromatic amines is 1. The minimum absolute atomic E-state index is 0.0201. The summed E-state index contributed by atoms with van der Waals surface area (Å²) < 4.78 is 6.31. The third kappa shape index (κ3) is 3.45. The molecule has 0 aliphatic carbocycles. The van der Waals surface area contributed by atoms with Crippen LogP contribution in [0.4, 0.5) is 0 Å². The van der Waals surface area contributed by atoms with Crippen LogP contribution < -0.4 is 0 Å². The normalized spacial score (nSPS) is 22.1. The number of amides is 1. The molecule has 0 radical (unpaired) electrons. The van der Waals surface area contributed by atoms with Crippen molar-refractivity contribution in [1.29, 1.82) is 0 Å². The molecular formula is C18H23N3O2. The summed E-state index contributed by atoms with van der Waals surface area (Å²) in [5.74, 6) is -0.0269. The number of hydrogen-bond donors (Lipinski definition) is 1. The Bertz CT molecular complexity index is 647. The van der Waals surface area contributed by atoms with Gasteiger partial charge in [-0.3, -0.25) is 9.89 Å². The Morgan fingerprint density at radius 1 is 1.22 bits per heavy atom. The topological polar surface area (TPSA) is 58.2 Å². The molecule has 0 spiro atoms. The molecule has 3 rings (SSSR count). The Labute approximate surface area is 136 Å². The van der Waals surface area contributed by atoms with Crippen LogP contribution in [-0.2, 0) is 4.74 Å². The van der Waals surface area contributed by atoms with Crippen LogP contribution in [0.25, 0.3) is 0 Å². The molecule has 5 nitrogen and oxygen atoms in total. The number of hydrogen-bond acceptors (Lipinski definition) is 3. The van der Waals surface area contributed by atoms with Crippen LogP contribution in [0.15, 0.2) is 42.6 Å². The molecule has 2 aromatic rings. The molecule has 1 saturated heterocycles. The van der Waals surface area contributed by atoms with Crippen LogP contribution in [0.5, 0.6) is 0 Å². The molecule has 1 aliphatic rings. The number of carbonyl (C=O) groups is 1. The van der Waals surface area contributed by atoms with Crippen molar-refractivity contribution in [2.75, 3.05) is 13.1 Å². The van der Waals surface area contributed by atoms with Gasteiger partial charge in [0.1, 0.15) is 11.8 Å². The summed E-state index contributed by atoms with van der Waals surface area (Å²) in [6.07, 6.45) is 1.47. The van der Waals surface area contributed by atoms with Gasteiger partial charge >= 0.3 is 0 Å². The van der Waals surface area contributed by atoms with Gasteiger partial charge < -0.3 is 9.64 Å². The lowest BCUT2D eigenvalue weighted by molar-refractivity contribution is -0.119. The van der Waals surface area contributed by atoms with Crippen molar-refractivity contribution in [2.45, 2.75) is 33.0 Å². The Balaban J connectivity index is 1.86. The fourth-order valence-electron chi connectivity index (χ4n) is 2.80. The van der Waals surface area contributed by atoms with Gasteiger partial charge in [-0.2, -0.15) is 5.10 Å². The van der Waals surface area contributed by atoms with Gasteiger partial charge in [0.25, 0.3) is 5.91 Å². The monoisotopic (exact) mass is 313 g/mol. The average molecular weight is 313 g/mol. The summed E-state index contributed by atoms with van der Waals surface area (Å²) in [5, 5.41) is 6.64. The molecular weight excluding hydrogens is 290 g/mol. The van der Waals surface area contributed by atoms with Crippen LogP contribution in [0, 0.1) is 5.41 Å². The average Bonchev–Trinajstić information content (AvgIpc) is 3.08. The van der Waals surface area contributed by atoms with E-state index in [1.54, 1.807) is 12.3 Å². The third-order valence-corrected chi connectivity index (χ3v) is 4.26. The first-order valence-corrected chi connectivity index (χ1v) is 7.94. The van der Waals surface area contributed by atoms with E-state index in [9.17, 15) is 4.79 Å². The Hall–Kier alpha value is -2.14. The smallest absolute Gasteiger partial charge is 0.272 e. The maximum atomic E-state index is 12.7. The van der Waals surface area contributed by atoms with Gasteiger partial charge in [-0.05, 0) is 17.0 Å². The molecule has 23 heavy (non-hydrogen) atoms. The summed E-state index contributed by atoms with van der Waals surface area (Å²) in [5.41, 5.74) is 1.58. The van der Waals surface area contributed by atoms with Crippen molar-refractivity contribution in [3.63, 3.8) is 0 Å². The summed E-state index contributed by atoms with van der Waals surface area (Å²) >= 11 is 0. The number of aromatic nitrogens is 2. The Kier molecular flexibility index (Phi) is 4.22. The number of ether oxygens (including phenoxy) is 1. The van der Waals surface area contributed by atoms with E-state index >= 15 is 0 Å². The Morgan fingerprint density at radius 2 is 1.96 bits per heavy atom. The van der Waals surface area contributed by atoms with Gasteiger partial charge in [-0.1, -0.05) is 51.1 Å². The van der Waals surface area contributed by atoms with Crippen LogP contribution in [0.2, 0.25) is 0 Å². The SMILES string of the molecule is CC(C)(C)[C@H]1CN(C(=O)c2ccn[nH]2)C[C@@H](c2ccccc2)O1. The minimum atomic E-state index is -0.110. The van der Waals surface area contributed by atoms with E-state index in [1.807, 2.05) is 23.1 Å². The van der Waals surface area contributed by atoms with E-state index in [2.05, 4.69) is 43.1 Å². The molecule has 1 aromatic heterocycles. The molecule has 1 aliphatic heterocycles. The van der Waals surface area contributed by atoms with Gasteiger partial charge in [0, 0.05) is 12.7 Å². The second-order valence-corrected chi connectivity index (χ2v) is 7.07. The molecule has 2 atom stereocenters. The van der Waals surface area contributed by atoms with Crippen LogP contribution in [0.1, 0.15) is 42.9 Å². The maximum Gasteiger partial charge on any atom is 0.272 e. The fraction of sp³-hybridized carbons (Fsp3) is 0.444. The molecule has 2 heterocycles. The van der Waals surface area contributed by atoms with E-state index < -0.39 is 0 Å². The standard InChI is InChI=1S/C18H23N3O2/c1-18(2,3)16-12-21(17(22)14-9-10-19-20-14)11-15(23-16)13-7-5-4-6-8-13/h4-10,15-16H,11-12H2,1-3H3,(H,19,20)/t15-,16+/m0/s1. The number of nitrogens with zero attached hydrogens (tertiary/aromatic N) is 2. The second-order valence-electron chi connectivity index (χ2n) is 7.07. The number of rotatable bonds is 2. The van der Waals surface area contributed by atoms with Gasteiger partial charge in [-0.25, -0.2) is 0 Å². The van der Waals surface area contributed by atoms with Crippen molar-refractivity contribution in [2.24, 2.45) is 5.41 Å². The zero-order valence-corrected chi connectivity index (χ0v) is 13.8. The fourth-order valence-corrected chi connectivity index (χ4v) is 2.80. The zero-order valence-electron chi connectivity index (χ0n) is 13.8. The van der Waals surface area contributed by atoms with E-state index in [4.69, 9.17) is 4.74 Å². The van der Waals surface area contributed by atoms with E-state index in [1.165, 1.54) is 0 Å². The first-order valence-electron chi connectivity index (χ1n) is 7.94. The number of morpholine rings is 1. The molecule has 122 valence electrons. The lowest BCUT2D eigenvalue weighted by Crippen LogP contribution is -2.51. The highest BCUT2D eigenvalue weighted by atomic mass is 16.5. The summed E-state index contributed by atoms with van der Waals surface area (Å²) in [6, 6.07) is 11.8. The molecule has 1 N–H and O–H groups in total. The minimum Gasteiger partial charge on any atom is -0.366 e. The third-order valence-electron chi connectivity index (χ3n) is 4.26. The molecule has 0 unspecified atom stereocenters. The van der Waals surface area contributed by atoms with E-state index in [-0.39, 0.29) is 23.5 Å². The molecule has 5 heteroatoms. The van der Waals surface area contributed by atoms with Crippen LogP contribution in [0.3, 0.4) is 0 Å². The number of benzene rings is 1. The Morgan fingerprint density at radius 3 is 2.57 bits per heavy atom. The number of H-pyrrole nitrogens is 1. The van der Waals surface area contributed by atoms with E-state index in [0.717, 1.165) is 5.56 Å². The van der Waals surface area contributed by atoms with Crippen molar-refractivity contribution >= 4 is 5.91 Å². The van der Waals surface area contributed by atoms with Gasteiger partial charge in [0.2, 0.25) is 0 Å². The van der Waals surface area contributed by atoms with Gasteiger partial charge in [0.15, 0.2) is 0 Å². The molecule has 1 aromatic carbocycles. The quantitative estimate of drug-likeness (QED) is 0.927. The van der Waals surface area contributed by atoms with Gasteiger partial charge in [0.05, 0.1) is 12.6 Å². The summed E-state index contributed by atoms with van der Waals surface area (Å²) in [4.78, 5) is 14.6. The summed E-state index contributed by atoms with van der Waals surface area (Å²) in [7, 11) is 0. The highest BCUT2D eigenvalue weighted by Gasteiger charge is 2.37. The molecule has 1 fully saturated rings. The first-order chi connectivity index (χ1) is 10.9. The maximum absolute atomic E-state index is 12.7. The lowest BCUT2D eigenvalue weighted by Gasteiger charge is -2.43.